The highest BCUT2D eigenvalue weighted by Gasteiger charge is 2.24. The lowest BCUT2D eigenvalue weighted by atomic mass is 10.2. The first kappa shape index (κ1) is 20.6. The zero-order valence-corrected chi connectivity index (χ0v) is 17.1. The molecular formula is C24H17FN2O3S. The van der Waals surface area contributed by atoms with Crippen LogP contribution in [0.1, 0.15) is 21.5 Å². The number of hydrogen-bond acceptors (Lipinski definition) is 4. The second-order valence-electron chi connectivity index (χ2n) is 6.60. The van der Waals surface area contributed by atoms with Crippen LogP contribution in [0.15, 0.2) is 88.8 Å². The minimum atomic E-state index is -0.416. The fourth-order valence-electron chi connectivity index (χ4n) is 2.81. The first-order valence-electron chi connectivity index (χ1n) is 9.44. The van der Waals surface area contributed by atoms with Crippen molar-refractivity contribution in [1.29, 1.82) is 0 Å². The molecule has 154 valence electrons. The number of nitrogens with zero attached hydrogens (tertiary/aromatic N) is 1. The van der Waals surface area contributed by atoms with Crippen LogP contribution in [0.2, 0.25) is 0 Å². The highest BCUT2D eigenvalue weighted by atomic mass is 32.2. The molecule has 1 aliphatic heterocycles. The molecule has 0 unspecified atom stereocenters. The molecule has 0 saturated carbocycles. The van der Waals surface area contributed by atoms with Gasteiger partial charge >= 0.3 is 0 Å². The first-order chi connectivity index (χ1) is 15.1. The number of rotatable bonds is 5. The van der Waals surface area contributed by atoms with Crippen molar-refractivity contribution in [2.24, 2.45) is 4.99 Å². The third-order valence-corrected chi connectivity index (χ3v) is 5.31. The zero-order valence-electron chi connectivity index (χ0n) is 16.2. The lowest BCUT2D eigenvalue weighted by Crippen LogP contribution is -2.20. The van der Waals surface area contributed by atoms with Crippen LogP contribution in [0.5, 0.6) is 5.75 Å². The van der Waals surface area contributed by atoms with Crippen LogP contribution >= 0.6 is 11.8 Å². The molecule has 0 aliphatic carbocycles. The summed E-state index contributed by atoms with van der Waals surface area (Å²) in [4.78, 5) is 28.8. The summed E-state index contributed by atoms with van der Waals surface area (Å²) in [6.07, 6.45) is 1.70. The lowest BCUT2D eigenvalue weighted by molar-refractivity contribution is -0.115. The van der Waals surface area contributed by atoms with Crippen LogP contribution in [0.3, 0.4) is 0 Å². The summed E-state index contributed by atoms with van der Waals surface area (Å²) < 4.78 is 19.3. The van der Waals surface area contributed by atoms with Crippen molar-refractivity contribution in [3.05, 3.63) is 106 Å². The smallest absolute Gasteiger partial charge is 0.279 e. The third kappa shape index (κ3) is 5.26. The van der Waals surface area contributed by atoms with Crippen molar-refractivity contribution < 1.29 is 18.7 Å². The molecule has 7 heteroatoms. The van der Waals surface area contributed by atoms with Gasteiger partial charge in [0.1, 0.15) is 18.2 Å². The number of ether oxygens (including phenoxy) is 1. The summed E-state index contributed by atoms with van der Waals surface area (Å²) in [6.45, 7) is 0.126. The molecule has 4 rings (SSSR count). The van der Waals surface area contributed by atoms with E-state index < -0.39 is 5.91 Å². The van der Waals surface area contributed by atoms with Crippen LogP contribution in [0.4, 0.5) is 4.39 Å². The van der Waals surface area contributed by atoms with E-state index in [-0.39, 0.29) is 23.5 Å². The van der Waals surface area contributed by atoms with Gasteiger partial charge < -0.3 is 10.1 Å². The SMILES string of the molecule is O=C1NC(=NC(=O)c2ccccc2)S/C1=C\c1ccc(OCc2ccccc2F)cc1. The van der Waals surface area contributed by atoms with Gasteiger partial charge in [0.25, 0.3) is 11.8 Å². The van der Waals surface area contributed by atoms with Gasteiger partial charge in [0.2, 0.25) is 0 Å². The number of aliphatic imine (C=N–C) groups is 1. The molecule has 1 heterocycles. The van der Waals surface area contributed by atoms with Crippen molar-refractivity contribution >= 4 is 34.8 Å². The molecular weight excluding hydrogens is 415 g/mol. The fourth-order valence-corrected chi connectivity index (χ4v) is 3.63. The first-order valence-corrected chi connectivity index (χ1v) is 10.3. The Kier molecular flexibility index (Phi) is 6.24. The van der Waals surface area contributed by atoms with E-state index in [0.717, 1.165) is 17.3 Å². The lowest BCUT2D eigenvalue weighted by Gasteiger charge is -2.07. The maximum absolute atomic E-state index is 13.7. The molecule has 2 amide bonds. The average molecular weight is 432 g/mol. The molecule has 31 heavy (non-hydrogen) atoms. The van der Waals surface area contributed by atoms with E-state index in [1.807, 2.05) is 6.07 Å². The van der Waals surface area contributed by atoms with E-state index in [0.29, 0.717) is 21.8 Å². The van der Waals surface area contributed by atoms with Crippen molar-refractivity contribution in [3.63, 3.8) is 0 Å². The van der Waals surface area contributed by atoms with Crippen molar-refractivity contribution in [2.75, 3.05) is 0 Å². The standard InChI is InChI=1S/C24H17FN2O3S/c25-20-9-5-4-8-18(20)15-30-19-12-10-16(11-13-19)14-21-23(29)27-24(31-21)26-22(28)17-6-2-1-3-7-17/h1-14H,15H2,(H,26,27,28,29)/b21-14-. The zero-order chi connectivity index (χ0) is 21.6. The number of carbonyl (C=O) groups is 2. The van der Waals surface area contributed by atoms with Gasteiger partial charge in [-0.2, -0.15) is 4.99 Å². The van der Waals surface area contributed by atoms with Crippen LogP contribution in [-0.2, 0) is 11.4 Å². The Morgan fingerprint density at radius 1 is 1.00 bits per heavy atom. The normalized spacial score (nSPS) is 15.8. The van der Waals surface area contributed by atoms with Gasteiger partial charge in [0.15, 0.2) is 5.17 Å². The number of carbonyl (C=O) groups excluding carboxylic acids is 2. The third-order valence-electron chi connectivity index (χ3n) is 4.40. The summed E-state index contributed by atoms with van der Waals surface area (Å²) in [5.74, 6) is -0.452. The van der Waals surface area contributed by atoms with Gasteiger partial charge in [-0.25, -0.2) is 4.39 Å². The topological polar surface area (TPSA) is 67.8 Å². The number of benzene rings is 3. The minimum absolute atomic E-state index is 0.126. The van der Waals surface area contributed by atoms with Crippen LogP contribution in [0.25, 0.3) is 6.08 Å². The van der Waals surface area contributed by atoms with Gasteiger partial charge in [-0.15, -0.1) is 0 Å². The summed E-state index contributed by atoms with van der Waals surface area (Å²) in [5, 5.41) is 2.85. The summed E-state index contributed by atoms with van der Waals surface area (Å²) >= 11 is 1.11. The molecule has 3 aromatic rings. The Bertz CT molecular complexity index is 1170. The molecule has 0 radical (unpaired) electrons. The van der Waals surface area contributed by atoms with Crippen LogP contribution < -0.4 is 10.1 Å². The maximum Gasteiger partial charge on any atom is 0.279 e. The Balaban J connectivity index is 1.40. The molecule has 1 aliphatic rings. The predicted octanol–water partition coefficient (Wildman–Crippen LogP) is 4.81. The monoisotopic (exact) mass is 432 g/mol. The molecule has 3 aromatic carbocycles. The largest absolute Gasteiger partial charge is 0.489 e. The number of amidine groups is 1. The maximum atomic E-state index is 13.7. The van der Waals surface area contributed by atoms with Crippen molar-refractivity contribution in [3.8, 4) is 5.75 Å². The van der Waals surface area contributed by atoms with Crippen LogP contribution in [0, 0.1) is 5.82 Å². The van der Waals surface area contributed by atoms with Gasteiger partial charge in [-0.3, -0.25) is 9.59 Å². The molecule has 0 bridgehead atoms. The minimum Gasteiger partial charge on any atom is -0.489 e. The molecule has 5 nitrogen and oxygen atoms in total. The molecule has 0 aromatic heterocycles. The quantitative estimate of drug-likeness (QED) is 0.588. The Hall–Kier alpha value is -3.71. The second kappa shape index (κ2) is 9.40. The van der Waals surface area contributed by atoms with Gasteiger partial charge in [-0.1, -0.05) is 48.5 Å². The van der Waals surface area contributed by atoms with E-state index in [2.05, 4.69) is 10.3 Å². The number of halogens is 1. The predicted molar refractivity (Wildman–Crippen MR) is 119 cm³/mol. The van der Waals surface area contributed by atoms with E-state index >= 15 is 0 Å². The van der Waals surface area contributed by atoms with E-state index in [9.17, 15) is 14.0 Å². The number of hydrogen-bond donors (Lipinski definition) is 1. The molecule has 0 spiro atoms. The number of nitrogens with one attached hydrogen (secondary N) is 1. The van der Waals surface area contributed by atoms with Crippen LogP contribution in [-0.4, -0.2) is 17.0 Å². The summed E-state index contributed by atoms with van der Waals surface area (Å²) in [5.41, 5.74) is 1.71. The van der Waals surface area contributed by atoms with Gasteiger partial charge in [0, 0.05) is 11.1 Å². The molecule has 1 fully saturated rings. The van der Waals surface area contributed by atoms with E-state index in [1.54, 1.807) is 72.8 Å². The highest BCUT2D eigenvalue weighted by Crippen LogP contribution is 2.27. The number of amides is 2. The number of thioether (sulfide) groups is 1. The molecule has 0 atom stereocenters. The van der Waals surface area contributed by atoms with E-state index in [4.69, 9.17) is 4.74 Å². The molecule has 1 N–H and O–H groups in total. The fraction of sp³-hybridized carbons (Fsp3) is 0.0417. The summed E-state index contributed by atoms with van der Waals surface area (Å²) in [7, 11) is 0. The second-order valence-corrected chi connectivity index (χ2v) is 7.63. The van der Waals surface area contributed by atoms with Crippen molar-refractivity contribution in [1.82, 2.24) is 5.32 Å². The summed E-state index contributed by atoms with van der Waals surface area (Å²) in [6, 6.07) is 22.2. The highest BCUT2D eigenvalue weighted by molar-refractivity contribution is 8.18. The van der Waals surface area contributed by atoms with Crippen molar-refractivity contribution in [2.45, 2.75) is 6.61 Å². The Morgan fingerprint density at radius 2 is 1.71 bits per heavy atom. The average Bonchev–Trinajstić information content (AvgIpc) is 3.13. The molecule has 1 saturated heterocycles. The Labute approximate surface area is 182 Å². The Morgan fingerprint density at radius 3 is 2.45 bits per heavy atom. The van der Waals surface area contributed by atoms with Gasteiger partial charge in [0.05, 0.1) is 4.91 Å². The van der Waals surface area contributed by atoms with Gasteiger partial charge in [-0.05, 0) is 53.7 Å². The van der Waals surface area contributed by atoms with E-state index in [1.165, 1.54) is 6.07 Å².